The van der Waals surface area contributed by atoms with Crippen LogP contribution in [0.15, 0.2) is 21.0 Å². The van der Waals surface area contributed by atoms with E-state index in [1.165, 1.54) is 0 Å². The molecule has 0 spiro atoms. The average molecular weight is 327 g/mol. The summed E-state index contributed by atoms with van der Waals surface area (Å²) < 4.78 is 11.8. The van der Waals surface area contributed by atoms with Crippen molar-refractivity contribution in [2.45, 2.75) is 20.3 Å². The Labute approximate surface area is 119 Å². The largest absolute Gasteiger partial charge is 0.493 e. The number of methoxy groups -OCH3 is 1. The molecule has 1 N–H and O–H groups in total. The first-order chi connectivity index (χ1) is 8.93. The number of ether oxygens (including phenoxy) is 1. The van der Waals surface area contributed by atoms with E-state index in [9.17, 15) is 4.79 Å². The summed E-state index contributed by atoms with van der Waals surface area (Å²) in [5, 5.41) is 9.92. The van der Waals surface area contributed by atoms with E-state index in [0.717, 1.165) is 21.2 Å². The predicted molar refractivity (Wildman–Crippen MR) is 75.7 cm³/mol. The van der Waals surface area contributed by atoms with Gasteiger partial charge >= 0.3 is 5.97 Å². The summed E-state index contributed by atoms with van der Waals surface area (Å²) in [7, 11) is 1.57. The van der Waals surface area contributed by atoms with Gasteiger partial charge in [0, 0.05) is 9.86 Å². The van der Waals surface area contributed by atoms with Gasteiger partial charge in [-0.2, -0.15) is 0 Å². The van der Waals surface area contributed by atoms with Crippen LogP contribution < -0.4 is 4.74 Å². The molecule has 0 saturated carbocycles. The first kappa shape index (κ1) is 13.9. The van der Waals surface area contributed by atoms with Crippen molar-refractivity contribution >= 4 is 32.9 Å². The minimum Gasteiger partial charge on any atom is -0.493 e. The molecule has 1 heterocycles. The van der Waals surface area contributed by atoms with E-state index in [1.807, 2.05) is 19.1 Å². The third kappa shape index (κ3) is 2.61. The van der Waals surface area contributed by atoms with Crippen LogP contribution in [0.3, 0.4) is 0 Å². The molecule has 0 saturated heterocycles. The van der Waals surface area contributed by atoms with Gasteiger partial charge in [0.05, 0.1) is 13.0 Å². The summed E-state index contributed by atoms with van der Waals surface area (Å²) in [4.78, 5) is 11.0. The zero-order valence-electron chi connectivity index (χ0n) is 11.0. The van der Waals surface area contributed by atoms with Gasteiger partial charge < -0.3 is 14.3 Å². The maximum absolute atomic E-state index is 11.0. The molecule has 1 aromatic heterocycles. The van der Waals surface area contributed by atoms with Crippen molar-refractivity contribution in [3.05, 3.63) is 27.9 Å². The molecule has 1 unspecified atom stereocenters. The number of fused-ring (bicyclic) bond motifs is 1. The van der Waals surface area contributed by atoms with E-state index in [2.05, 4.69) is 15.9 Å². The SMILES string of the molecule is COc1cc(CC(C)C(=O)O)c(Br)c2cc(C)oc12. The van der Waals surface area contributed by atoms with Gasteiger partial charge in [0.2, 0.25) is 0 Å². The summed E-state index contributed by atoms with van der Waals surface area (Å²) in [5.74, 6) is 0.150. The molecular formula is C14H15BrO4. The summed E-state index contributed by atoms with van der Waals surface area (Å²) in [6, 6.07) is 3.74. The second kappa shape index (κ2) is 5.25. The molecule has 1 atom stereocenters. The lowest BCUT2D eigenvalue weighted by Gasteiger charge is -2.11. The number of rotatable bonds is 4. The number of carboxylic acid groups (broad SMARTS) is 1. The lowest BCUT2D eigenvalue weighted by molar-refractivity contribution is -0.141. The standard InChI is InChI=1S/C14H15BrO4/c1-7(14(16)17)4-9-6-11(18-3)13-10(12(9)15)5-8(2)19-13/h5-7H,4H2,1-3H3,(H,16,17). The fourth-order valence-electron chi connectivity index (χ4n) is 2.04. The number of furan rings is 1. The Morgan fingerprint density at radius 3 is 2.79 bits per heavy atom. The second-order valence-electron chi connectivity index (χ2n) is 4.60. The summed E-state index contributed by atoms with van der Waals surface area (Å²) >= 11 is 3.53. The lowest BCUT2D eigenvalue weighted by atomic mass is 10.00. The third-order valence-corrected chi connectivity index (χ3v) is 4.01. The molecule has 0 radical (unpaired) electrons. The van der Waals surface area contributed by atoms with Gasteiger partial charge in [-0.3, -0.25) is 4.79 Å². The van der Waals surface area contributed by atoms with Crippen LogP contribution in [0.4, 0.5) is 0 Å². The summed E-state index contributed by atoms with van der Waals surface area (Å²) in [6.45, 7) is 3.55. The Morgan fingerprint density at radius 2 is 2.21 bits per heavy atom. The molecule has 0 amide bonds. The van der Waals surface area contributed by atoms with E-state index >= 15 is 0 Å². The van der Waals surface area contributed by atoms with E-state index in [0.29, 0.717) is 17.8 Å². The van der Waals surface area contributed by atoms with Gasteiger partial charge in [-0.25, -0.2) is 0 Å². The van der Waals surface area contributed by atoms with Crippen molar-refractivity contribution in [3.8, 4) is 5.75 Å². The Kier molecular flexibility index (Phi) is 3.85. The maximum atomic E-state index is 11.0. The first-order valence-corrected chi connectivity index (χ1v) is 6.71. The topological polar surface area (TPSA) is 59.7 Å². The van der Waals surface area contributed by atoms with Gasteiger partial charge in [-0.05, 0) is 47.0 Å². The fraction of sp³-hybridized carbons (Fsp3) is 0.357. The van der Waals surface area contributed by atoms with E-state index in [-0.39, 0.29) is 0 Å². The number of hydrogen-bond donors (Lipinski definition) is 1. The number of aryl methyl sites for hydroxylation is 1. The van der Waals surface area contributed by atoms with Crippen LogP contribution >= 0.6 is 15.9 Å². The summed E-state index contributed by atoms with van der Waals surface area (Å²) in [6.07, 6.45) is 0.437. The van der Waals surface area contributed by atoms with Crippen LogP contribution in [0, 0.1) is 12.8 Å². The molecule has 0 aliphatic carbocycles. The van der Waals surface area contributed by atoms with Gasteiger partial charge in [-0.1, -0.05) is 6.92 Å². The molecule has 2 rings (SSSR count). The van der Waals surface area contributed by atoms with Crippen molar-refractivity contribution in [2.24, 2.45) is 5.92 Å². The predicted octanol–water partition coefficient (Wildman–Crippen LogP) is 3.78. The third-order valence-electron chi connectivity index (χ3n) is 3.07. The Hall–Kier alpha value is -1.49. The normalized spacial score (nSPS) is 12.6. The number of halogens is 1. The maximum Gasteiger partial charge on any atom is 0.306 e. The van der Waals surface area contributed by atoms with Crippen LogP contribution in [-0.4, -0.2) is 18.2 Å². The van der Waals surface area contributed by atoms with E-state index < -0.39 is 11.9 Å². The number of aliphatic carboxylic acids is 1. The number of carboxylic acids is 1. The molecular weight excluding hydrogens is 312 g/mol. The van der Waals surface area contributed by atoms with Crippen molar-refractivity contribution in [2.75, 3.05) is 7.11 Å². The van der Waals surface area contributed by atoms with Crippen molar-refractivity contribution in [3.63, 3.8) is 0 Å². The molecule has 19 heavy (non-hydrogen) atoms. The minimum absolute atomic E-state index is 0.437. The highest BCUT2D eigenvalue weighted by molar-refractivity contribution is 9.10. The molecule has 0 bridgehead atoms. The van der Waals surface area contributed by atoms with Crippen LogP contribution in [0.2, 0.25) is 0 Å². The fourth-order valence-corrected chi connectivity index (χ4v) is 2.61. The van der Waals surface area contributed by atoms with Crippen molar-refractivity contribution in [1.29, 1.82) is 0 Å². The Bertz CT molecular complexity index is 630. The molecule has 102 valence electrons. The van der Waals surface area contributed by atoms with Crippen molar-refractivity contribution in [1.82, 2.24) is 0 Å². The van der Waals surface area contributed by atoms with Crippen LogP contribution in [0.5, 0.6) is 5.75 Å². The van der Waals surface area contributed by atoms with Crippen LogP contribution in [0.1, 0.15) is 18.2 Å². The van der Waals surface area contributed by atoms with Gasteiger partial charge in [0.1, 0.15) is 5.76 Å². The lowest BCUT2D eigenvalue weighted by Crippen LogP contribution is -2.12. The molecule has 0 aliphatic heterocycles. The van der Waals surface area contributed by atoms with E-state index in [1.54, 1.807) is 14.0 Å². The molecule has 2 aromatic rings. The van der Waals surface area contributed by atoms with Gasteiger partial charge in [-0.15, -0.1) is 0 Å². The van der Waals surface area contributed by atoms with E-state index in [4.69, 9.17) is 14.3 Å². The highest BCUT2D eigenvalue weighted by Crippen LogP contribution is 2.37. The van der Waals surface area contributed by atoms with Crippen molar-refractivity contribution < 1.29 is 19.1 Å². The average Bonchev–Trinajstić information content (AvgIpc) is 2.74. The van der Waals surface area contributed by atoms with Gasteiger partial charge in [0.25, 0.3) is 0 Å². The highest BCUT2D eigenvalue weighted by atomic mass is 79.9. The molecule has 1 aromatic carbocycles. The zero-order valence-corrected chi connectivity index (χ0v) is 12.6. The second-order valence-corrected chi connectivity index (χ2v) is 5.39. The number of benzene rings is 1. The highest BCUT2D eigenvalue weighted by Gasteiger charge is 2.19. The first-order valence-electron chi connectivity index (χ1n) is 5.92. The summed E-state index contributed by atoms with van der Waals surface area (Å²) in [5.41, 5.74) is 1.58. The van der Waals surface area contributed by atoms with Crippen LogP contribution in [0.25, 0.3) is 11.0 Å². The smallest absolute Gasteiger partial charge is 0.306 e. The van der Waals surface area contributed by atoms with Crippen LogP contribution in [-0.2, 0) is 11.2 Å². The Balaban J connectivity index is 2.55. The molecule has 4 nitrogen and oxygen atoms in total. The molecule has 5 heteroatoms. The van der Waals surface area contributed by atoms with Gasteiger partial charge in [0.15, 0.2) is 11.3 Å². The molecule has 0 aliphatic rings. The Morgan fingerprint density at radius 1 is 1.53 bits per heavy atom. The minimum atomic E-state index is -0.811. The number of hydrogen-bond acceptors (Lipinski definition) is 3. The monoisotopic (exact) mass is 326 g/mol. The molecule has 0 fully saturated rings. The zero-order chi connectivity index (χ0) is 14.2. The quantitative estimate of drug-likeness (QED) is 0.928. The number of carbonyl (C=O) groups is 1.